The first-order valence-corrected chi connectivity index (χ1v) is 13.2. The van der Waals surface area contributed by atoms with E-state index in [1.165, 1.54) is 21.1 Å². The number of carbonyl (C=O) groups is 3. The summed E-state index contributed by atoms with van der Waals surface area (Å²) in [6, 6.07) is 24.7. The minimum Gasteiger partial charge on any atom is -0.445 e. The topological polar surface area (TPSA) is 91.8 Å². The van der Waals surface area contributed by atoms with Crippen LogP contribution in [0.3, 0.4) is 0 Å². The lowest BCUT2D eigenvalue weighted by Gasteiger charge is -2.28. The van der Waals surface area contributed by atoms with Crippen LogP contribution in [0, 0.1) is 0 Å². The van der Waals surface area contributed by atoms with Gasteiger partial charge in [0.25, 0.3) is 11.8 Å². The van der Waals surface area contributed by atoms with Crippen molar-refractivity contribution in [3.63, 3.8) is 0 Å². The monoisotopic (exact) mass is 526 g/mol. The van der Waals surface area contributed by atoms with E-state index < -0.39 is 12.1 Å². The van der Waals surface area contributed by atoms with Gasteiger partial charge in [-0.3, -0.25) is 19.4 Å². The molecule has 0 aliphatic carbocycles. The molecule has 3 aromatic carbocycles. The summed E-state index contributed by atoms with van der Waals surface area (Å²) in [6.07, 6.45) is 2.36. The summed E-state index contributed by atoms with van der Waals surface area (Å²) in [7, 11) is 0. The van der Waals surface area contributed by atoms with Crippen LogP contribution in [-0.2, 0) is 16.1 Å². The third-order valence-electron chi connectivity index (χ3n) is 6.23. The van der Waals surface area contributed by atoms with Gasteiger partial charge in [0.05, 0.1) is 5.69 Å². The lowest BCUT2D eigenvalue weighted by molar-refractivity contribution is -0.121. The highest BCUT2D eigenvalue weighted by Gasteiger charge is 2.39. The number of aromatic nitrogens is 1. The number of thiazole rings is 1. The number of hydrogen-bond acceptors (Lipinski definition) is 6. The first-order valence-electron chi connectivity index (χ1n) is 12.3. The Balaban J connectivity index is 1.32. The van der Waals surface area contributed by atoms with E-state index in [0.29, 0.717) is 41.5 Å². The van der Waals surface area contributed by atoms with Crippen LogP contribution in [0.5, 0.6) is 0 Å². The van der Waals surface area contributed by atoms with Gasteiger partial charge in [-0.25, -0.2) is 9.78 Å². The predicted octanol–water partition coefficient (Wildman–Crippen LogP) is 5.86. The third-order valence-corrected chi connectivity index (χ3v) is 6.98. The second-order valence-electron chi connectivity index (χ2n) is 8.75. The number of hydrogen-bond donors (Lipinski definition) is 1. The van der Waals surface area contributed by atoms with Gasteiger partial charge in [0.15, 0.2) is 5.13 Å². The molecule has 9 heteroatoms. The molecular weight excluding hydrogens is 500 g/mol. The van der Waals surface area contributed by atoms with Gasteiger partial charge in [-0.1, -0.05) is 48.5 Å². The number of anilines is 3. The summed E-state index contributed by atoms with van der Waals surface area (Å²) in [4.78, 5) is 46.7. The van der Waals surface area contributed by atoms with E-state index >= 15 is 0 Å². The first kappa shape index (κ1) is 25.2. The molecule has 5 rings (SSSR count). The molecule has 0 radical (unpaired) electrons. The summed E-state index contributed by atoms with van der Waals surface area (Å²) in [5.41, 5.74) is 2.62. The molecule has 1 atom stereocenters. The summed E-state index contributed by atoms with van der Waals surface area (Å²) < 4.78 is 5.52. The Bertz CT molecular complexity index is 1380. The van der Waals surface area contributed by atoms with Crippen molar-refractivity contribution in [3.8, 4) is 0 Å². The van der Waals surface area contributed by atoms with E-state index in [4.69, 9.17) is 4.74 Å². The summed E-state index contributed by atoms with van der Waals surface area (Å²) in [5, 5.41) is 5.16. The molecule has 38 heavy (non-hydrogen) atoms. The van der Waals surface area contributed by atoms with E-state index in [0.717, 1.165) is 5.56 Å². The van der Waals surface area contributed by atoms with Crippen molar-refractivity contribution < 1.29 is 19.1 Å². The van der Waals surface area contributed by atoms with Gasteiger partial charge in [-0.05, 0) is 54.8 Å². The molecule has 3 amide bonds. The molecule has 1 aliphatic heterocycles. The molecule has 8 nitrogen and oxygen atoms in total. The molecule has 1 unspecified atom stereocenters. The van der Waals surface area contributed by atoms with Crippen LogP contribution >= 0.6 is 11.3 Å². The van der Waals surface area contributed by atoms with Gasteiger partial charge in [-0.15, -0.1) is 11.3 Å². The van der Waals surface area contributed by atoms with Crippen molar-refractivity contribution in [1.29, 1.82) is 0 Å². The number of ether oxygens (including phenoxy) is 1. The maximum Gasteiger partial charge on any atom is 0.410 e. The van der Waals surface area contributed by atoms with Crippen LogP contribution in [0.25, 0.3) is 0 Å². The summed E-state index contributed by atoms with van der Waals surface area (Å²) >= 11 is 1.33. The van der Waals surface area contributed by atoms with Crippen LogP contribution in [-0.4, -0.2) is 40.4 Å². The number of nitrogens with zero attached hydrogens (tertiary/aromatic N) is 3. The van der Waals surface area contributed by atoms with Gasteiger partial charge in [-0.2, -0.15) is 0 Å². The van der Waals surface area contributed by atoms with E-state index in [9.17, 15) is 14.4 Å². The minimum atomic E-state index is -0.667. The van der Waals surface area contributed by atoms with Crippen molar-refractivity contribution in [1.82, 2.24) is 9.88 Å². The van der Waals surface area contributed by atoms with E-state index in [-0.39, 0.29) is 18.4 Å². The Morgan fingerprint density at radius 3 is 2.37 bits per heavy atom. The second-order valence-corrected chi connectivity index (χ2v) is 9.62. The van der Waals surface area contributed by atoms with Crippen LogP contribution in [0.15, 0.2) is 96.5 Å². The number of likely N-dealkylation sites (tertiary alicyclic amines) is 1. The van der Waals surface area contributed by atoms with Gasteiger partial charge < -0.3 is 10.1 Å². The fourth-order valence-corrected chi connectivity index (χ4v) is 5.00. The molecule has 1 aromatic heterocycles. The van der Waals surface area contributed by atoms with Crippen LogP contribution in [0.2, 0.25) is 0 Å². The van der Waals surface area contributed by atoms with Crippen molar-refractivity contribution >= 4 is 45.8 Å². The quantitative estimate of drug-likeness (QED) is 0.326. The van der Waals surface area contributed by atoms with E-state index in [2.05, 4.69) is 10.3 Å². The largest absolute Gasteiger partial charge is 0.445 e. The number of rotatable bonds is 7. The Labute approximate surface area is 224 Å². The number of amides is 3. The van der Waals surface area contributed by atoms with Crippen molar-refractivity contribution in [2.75, 3.05) is 16.8 Å². The first-order chi connectivity index (χ1) is 18.6. The average molecular weight is 527 g/mol. The molecule has 2 heterocycles. The van der Waals surface area contributed by atoms with Crippen molar-refractivity contribution in [2.45, 2.75) is 25.5 Å². The maximum atomic E-state index is 13.9. The molecule has 192 valence electrons. The van der Waals surface area contributed by atoms with Gasteiger partial charge in [0.2, 0.25) is 0 Å². The Morgan fingerprint density at radius 1 is 0.974 bits per heavy atom. The lowest BCUT2D eigenvalue weighted by atomic mass is 10.1. The van der Waals surface area contributed by atoms with E-state index in [1.54, 1.807) is 60.1 Å². The highest BCUT2D eigenvalue weighted by Crippen LogP contribution is 2.32. The van der Waals surface area contributed by atoms with Gasteiger partial charge >= 0.3 is 6.09 Å². The molecule has 4 aromatic rings. The van der Waals surface area contributed by atoms with Crippen molar-refractivity contribution in [3.05, 3.63) is 108 Å². The van der Waals surface area contributed by atoms with Crippen LogP contribution in [0.1, 0.15) is 28.8 Å². The predicted molar refractivity (Wildman–Crippen MR) is 146 cm³/mol. The molecule has 1 saturated heterocycles. The standard InChI is InChI=1S/C29H26N4O4S/c34-26(22-10-5-2-6-11-22)31-23-13-15-24(16-14-23)33(28-30-17-19-38-28)27(35)25-12-7-18-32(25)29(36)37-20-21-8-3-1-4-9-21/h1-6,8-11,13-17,19,25H,7,12,18,20H2,(H,31,34). The molecular formula is C29H26N4O4S. The zero-order valence-electron chi connectivity index (χ0n) is 20.5. The SMILES string of the molecule is O=C(Nc1ccc(N(C(=O)C2CCCN2C(=O)OCc2ccccc2)c2nccs2)cc1)c1ccccc1. The zero-order valence-corrected chi connectivity index (χ0v) is 21.3. The normalized spacial score (nSPS) is 14.6. The number of benzene rings is 3. The Morgan fingerprint density at radius 2 is 1.68 bits per heavy atom. The van der Waals surface area contributed by atoms with E-state index in [1.807, 2.05) is 36.4 Å². The molecule has 0 bridgehead atoms. The smallest absolute Gasteiger partial charge is 0.410 e. The molecule has 0 spiro atoms. The molecule has 0 saturated carbocycles. The summed E-state index contributed by atoms with van der Waals surface area (Å²) in [6.45, 7) is 0.587. The lowest BCUT2D eigenvalue weighted by Crippen LogP contribution is -2.46. The highest BCUT2D eigenvalue weighted by atomic mass is 32.1. The fraction of sp³-hybridized carbons (Fsp3) is 0.172. The number of carbonyl (C=O) groups excluding carboxylic acids is 3. The van der Waals surface area contributed by atoms with Crippen molar-refractivity contribution in [2.24, 2.45) is 0 Å². The minimum absolute atomic E-state index is 0.142. The molecule has 1 aliphatic rings. The average Bonchev–Trinajstić information content (AvgIpc) is 3.67. The maximum absolute atomic E-state index is 13.9. The highest BCUT2D eigenvalue weighted by molar-refractivity contribution is 7.13. The fourth-order valence-electron chi connectivity index (χ4n) is 4.34. The molecule has 1 N–H and O–H groups in total. The van der Waals surface area contributed by atoms with Gasteiger partial charge in [0, 0.05) is 29.4 Å². The van der Waals surface area contributed by atoms with Crippen LogP contribution in [0.4, 0.5) is 21.3 Å². The zero-order chi connectivity index (χ0) is 26.3. The third kappa shape index (κ3) is 5.73. The second kappa shape index (κ2) is 11.7. The van der Waals surface area contributed by atoms with Gasteiger partial charge in [0.1, 0.15) is 12.6 Å². The Kier molecular flexibility index (Phi) is 7.75. The Hall–Kier alpha value is -4.50. The number of nitrogens with one attached hydrogen (secondary N) is 1. The van der Waals surface area contributed by atoms with Crippen LogP contribution < -0.4 is 10.2 Å². The summed E-state index contributed by atoms with van der Waals surface area (Å²) in [5.74, 6) is -0.475. The molecule has 1 fully saturated rings.